The number of carbonyl (C=O) groups excluding carboxylic acids is 1. The molecule has 1 N–H and O–H groups in total. The predicted molar refractivity (Wildman–Crippen MR) is 64.7 cm³/mol. The Bertz CT molecular complexity index is 317. The van der Waals surface area contributed by atoms with Gasteiger partial charge in [-0.05, 0) is 37.5 Å². The lowest BCUT2D eigenvalue weighted by molar-refractivity contribution is -0.149. The number of hydrogen-bond acceptors (Lipinski definition) is 4. The predicted octanol–water partition coefficient (Wildman–Crippen LogP) is 2.51. The van der Waals surface area contributed by atoms with Gasteiger partial charge >= 0.3 is 5.97 Å². The number of carbonyl (C=O) groups is 1. The maximum absolute atomic E-state index is 11.2. The maximum Gasteiger partial charge on any atom is 0.332 e. The van der Waals surface area contributed by atoms with E-state index in [-0.39, 0.29) is 24.4 Å². The molecule has 0 aliphatic heterocycles. The zero-order valence-electron chi connectivity index (χ0n) is 10.4. The second-order valence-electron chi connectivity index (χ2n) is 3.94. The first-order chi connectivity index (χ1) is 8.17. The molecule has 96 valence electrons. The molecule has 4 heteroatoms. The molecule has 1 atom stereocenters. The van der Waals surface area contributed by atoms with Crippen molar-refractivity contribution in [3.63, 3.8) is 0 Å². The Labute approximate surface area is 102 Å². The van der Waals surface area contributed by atoms with E-state index >= 15 is 0 Å². The number of rotatable bonds is 6. The van der Waals surface area contributed by atoms with Crippen LogP contribution in [0.25, 0.3) is 0 Å². The molecule has 1 unspecified atom stereocenters. The number of aliphatic hydroxyl groups excluding tert-OH is 1. The van der Waals surface area contributed by atoms with Gasteiger partial charge < -0.3 is 14.6 Å². The summed E-state index contributed by atoms with van der Waals surface area (Å²) < 4.78 is 10.3. The second-order valence-corrected chi connectivity index (χ2v) is 3.94. The van der Waals surface area contributed by atoms with E-state index < -0.39 is 0 Å². The average Bonchev–Trinajstić information content (AvgIpc) is 2.29. The first-order valence-corrected chi connectivity index (χ1v) is 6.04. The minimum atomic E-state index is -0.345. The summed E-state index contributed by atoms with van der Waals surface area (Å²) >= 11 is 0. The molecular weight excluding hydrogens is 220 g/mol. The molecule has 0 aromatic rings. The van der Waals surface area contributed by atoms with Gasteiger partial charge in [-0.2, -0.15) is 0 Å². The third kappa shape index (κ3) is 4.61. The van der Waals surface area contributed by atoms with Gasteiger partial charge in [0.05, 0.1) is 12.7 Å². The van der Waals surface area contributed by atoms with Crippen LogP contribution in [0.5, 0.6) is 0 Å². The third-order valence-corrected chi connectivity index (χ3v) is 2.53. The van der Waals surface area contributed by atoms with Crippen molar-refractivity contribution in [3.05, 3.63) is 23.5 Å². The van der Waals surface area contributed by atoms with E-state index in [4.69, 9.17) is 9.47 Å². The van der Waals surface area contributed by atoms with Crippen LogP contribution in [-0.2, 0) is 14.3 Å². The number of hydrogen-bond donors (Lipinski definition) is 1. The number of ether oxygens (including phenoxy) is 2. The topological polar surface area (TPSA) is 55.8 Å². The quantitative estimate of drug-likeness (QED) is 0.725. The fourth-order valence-electron chi connectivity index (χ4n) is 1.79. The van der Waals surface area contributed by atoms with Crippen molar-refractivity contribution in [1.29, 1.82) is 0 Å². The van der Waals surface area contributed by atoms with E-state index in [9.17, 15) is 9.90 Å². The van der Waals surface area contributed by atoms with Crippen molar-refractivity contribution in [2.24, 2.45) is 0 Å². The van der Waals surface area contributed by atoms with Crippen molar-refractivity contribution in [2.45, 2.75) is 39.2 Å². The lowest BCUT2D eigenvalue weighted by Crippen LogP contribution is -2.23. The minimum Gasteiger partial charge on any atom is -0.508 e. The van der Waals surface area contributed by atoms with Gasteiger partial charge in [0, 0.05) is 0 Å². The molecule has 0 spiro atoms. The zero-order valence-corrected chi connectivity index (χ0v) is 10.4. The van der Waals surface area contributed by atoms with Crippen LogP contribution < -0.4 is 0 Å². The number of allylic oxidation sites excluding steroid dienone is 1. The highest BCUT2D eigenvalue weighted by atomic mass is 16.6. The fourth-order valence-corrected chi connectivity index (χ4v) is 1.79. The SMILES string of the molecule is CCCC1=CC(O)=CCC1OCC(=O)OCC. The molecule has 0 bridgehead atoms. The molecule has 0 aromatic heterocycles. The molecule has 0 saturated carbocycles. The molecule has 0 saturated heterocycles. The summed E-state index contributed by atoms with van der Waals surface area (Å²) in [4.78, 5) is 11.2. The first-order valence-electron chi connectivity index (χ1n) is 6.04. The standard InChI is InChI=1S/C13H20O4/c1-3-5-10-8-11(14)6-7-12(10)17-9-13(15)16-4-2/h6,8,12,14H,3-5,7,9H2,1-2H3. The van der Waals surface area contributed by atoms with Crippen molar-refractivity contribution < 1.29 is 19.4 Å². The van der Waals surface area contributed by atoms with Gasteiger partial charge in [-0.15, -0.1) is 0 Å². The second kappa shape index (κ2) is 7.12. The van der Waals surface area contributed by atoms with E-state index in [2.05, 4.69) is 6.92 Å². The average molecular weight is 240 g/mol. The van der Waals surface area contributed by atoms with Crippen LogP contribution in [0.2, 0.25) is 0 Å². The molecule has 0 heterocycles. The van der Waals surface area contributed by atoms with Crippen LogP contribution in [0.3, 0.4) is 0 Å². The molecule has 0 radical (unpaired) electrons. The summed E-state index contributed by atoms with van der Waals surface area (Å²) in [6.45, 7) is 4.17. The maximum atomic E-state index is 11.2. The Morgan fingerprint density at radius 2 is 2.29 bits per heavy atom. The fraction of sp³-hybridized carbons (Fsp3) is 0.615. The van der Waals surface area contributed by atoms with Gasteiger partial charge in [0.15, 0.2) is 0 Å². The lowest BCUT2D eigenvalue weighted by atomic mass is 9.97. The molecule has 17 heavy (non-hydrogen) atoms. The van der Waals surface area contributed by atoms with Crippen LogP contribution in [0.15, 0.2) is 23.5 Å². The van der Waals surface area contributed by atoms with Crippen LogP contribution in [0.1, 0.15) is 33.1 Å². The van der Waals surface area contributed by atoms with Gasteiger partial charge in [0.1, 0.15) is 12.4 Å². The van der Waals surface area contributed by atoms with E-state index in [0.29, 0.717) is 13.0 Å². The Balaban J connectivity index is 2.47. The van der Waals surface area contributed by atoms with Gasteiger partial charge in [0.25, 0.3) is 0 Å². The third-order valence-electron chi connectivity index (χ3n) is 2.53. The molecule has 4 nitrogen and oxygen atoms in total. The summed E-state index contributed by atoms with van der Waals surface area (Å²) in [7, 11) is 0. The molecule has 0 amide bonds. The minimum absolute atomic E-state index is 0.0336. The van der Waals surface area contributed by atoms with E-state index in [1.165, 1.54) is 0 Å². The van der Waals surface area contributed by atoms with Crippen LogP contribution in [-0.4, -0.2) is 30.4 Å². The normalized spacial score (nSPS) is 19.5. The number of aliphatic hydroxyl groups is 1. The Morgan fingerprint density at radius 1 is 1.53 bits per heavy atom. The summed E-state index contributed by atoms with van der Waals surface area (Å²) in [5.41, 5.74) is 1.04. The largest absolute Gasteiger partial charge is 0.508 e. The summed E-state index contributed by atoms with van der Waals surface area (Å²) in [5.74, 6) is -0.0634. The van der Waals surface area contributed by atoms with E-state index in [1.807, 2.05) is 0 Å². The Morgan fingerprint density at radius 3 is 2.94 bits per heavy atom. The van der Waals surface area contributed by atoms with Crippen LogP contribution in [0, 0.1) is 0 Å². The Hall–Kier alpha value is -1.29. The monoisotopic (exact) mass is 240 g/mol. The van der Waals surface area contributed by atoms with Crippen molar-refractivity contribution in [2.75, 3.05) is 13.2 Å². The zero-order chi connectivity index (χ0) is 12.7. The van der Waals surface area contributed by atoms with Gasteiger partial charge in [0.2, 0.25) is 0 Å². The van der Waals surface area contributed by atoms with E-state index in [0.717, 1.165) is 18.4 Å². The molecule has 1 aliphatic rings. The Kier molecular flexibility index (Phi) is 5.77. The summed E-state index contributed by atoms with van der Waals surface area (Å²) in [6.07, 6.45) is 5.77. The van der Waals surface area contributed by atoms with Gasteiger partial charge in [-0.1, -0.05) is 13.3 Å². The lowest BCUT2D eigenvalue weighted by Gasteiger charge is -2.22. The molecule has 0 fully saturated rings. The summed E-state index contributed by atoms with van der Waals surface area (Å²) in [6, 6.07) is 0. The van der Waals surface area contributed by atoms with Crippen molar-refractivity contribution in [3.8, 4) is 0 Å². The first kappa shape index (κ1) is 13.8. The smallest absolute Gasteiger partial charge is 0.332 e. The molecular formula is C13H20O4. The van der Waals surface area contributed by atoms with E-state index in [1.54, 1.807) is 19.1 Å². The van der Waals surface area contributed by atoms with Crippen LogP contribution >= 0.6 is 0 Å². The highest BCUT2D eigenvalue weighted by Crippen LogP contribution is 2.23. The highest BCUT2D eigenvalue weighted by Gasteiger charge is 2.19. The van der Waals surface area contributed by atoms with Gasteiger partial charge in [-0.25, -0.2) is 4.79 Å². The highest BCUT2D eigenvalue weighted by molar-refractivity contribution is 5.70. The van der Waals surface area contributed by atoms with Crippen LogP contribution in [0.4, 0.5) is 0 Å². The molecule has 1 rings (SSSR count). The molecule has 0 aromatic carbocycles. The van der Waals surface area contributed by atoms with Crippen molar-refractivity contribution in [1.82, 2.24) is 0 Å². The summed E-state index contributed by atoms with van der Waals surface area (Å²) in [5, 5.41) is 9.42. The number of esters is 1. The van der Waals surface area contributed by atoms with Gasteiger partial charge in [-0.3, -0.25) is 0 Å². The molecule has 1 aliphatic carbocycles. The van der Waals surface area contributed by atoms with Crippen molar-refractivity contribution >= 4 is 5.97 Å².